The number of methoxy groups -OCH3 is 1. The van der Waals surface area contributed by atoms with Crippen LogP contribution in [0.15, 0.2) is 18.2 Å². The summed E-state index contributed by atoms with van der Waals surface area (Å²) in [6.07, 6.45) is 3.19. The van der Waals surface area contributed by atoms with E-state index in [4.69, 9.17) is 26.4 Å². The van der Waals surface area contributed by atoms with Gasteiger partial charge in [0.2, 0.25) is 5.95 Å². The Bertz CT molecular complexity index is 638. The van der Waals surface area contributed by atoms with Crippen molar-refractivity contribution in [1.82, 2.24) is 9.97 Å². The molecule has 6 N–H and O–H groups in total. The van der Waals surface area contributed by atoms with Crippen molar-refractivity contribution in [3.8, 4) is 5.75 Å². The van der Waals surface area contributed by atoms with Crippen molar-refractivity contribution in [2.75, 3.05) is 25.7 Å². The second kappa shape index (κ2) is 12.9. The number of anilines is 2. The van der Waals surface area contributed by atoms with E-state index in [1.165, 1.54) is 12.8 Å². The van der Waals surface area contributed by atoms with E-state index in [0.717, 1.165) is 29.5 Å². The minimum Gasteiger partial charge on any atom is -0.496 e. The molecule has 7 heteroatoms. The van der Waals surface area contributed by atoms with Crippen LogP contribution in [0.25, 0.3) is 0 Å². The molecule has 0 atom stereocenters. The third kappa shape index (κ3) is 7.25. The minimum atomic E-state index is -0.0250. The minimum absolute atomic E-state index is 0.0250. The molecule has 26 heavy (non-hydrogen) atoms. The molecule has 1 aromatic carbocycles. The third-order valence-corrected chi connectivity index (χ3v) is 3.66. The second-order valence-corrected chi connectivity index (χ2v) is 5.51. The molecule has 0 saturated heterocycles. The number of aliphatic hydroxyl groups is 2. The normalized spacial score (nSPS) is 9.50. The predicted octanol–water partition coefficient (Wildman–Crippen LogP) is 2.46. The van der Waals surface area contributed by atoms with Crippen molar-refractivity contribution in [3.05, 3.63) is 40.6 Å². The summed E-state index contributed by atoms with van der Waals surface area (Å²) in [6.45, 7) is 6.18. The molecule has 7 nitrogen and oxygen atoms in total. The average molecular weight is 364 g/mol. The van der Waals surface area contributed by atoms with Gasteiger partial charge in [-0.05, 0) is 24.1 Å². The van der Waals surface area contributed by atoms with Gasteiger partial charge in [-0.2, -0.15) is 4.98 Å². The number of rotatable bonds is 5. The maximum absolute atomic E-state index is 9.15. The first kappa shape index (κ1) is 23.6. The molecule has 1 heterocycles. The van der Waals surface area contributed by atoms with Crippen molar-refractivity contribution in [2.45, 2.75) is 46.6 Å². The van der Waals surface area contributed by atoms with E-state index in [0.29, 0.717) is 18.0 Å². The van der Waals surface area contributed by atoms with Crippen molar-refractivity contribution in [3.63, 3.8) is 0 Å². The molecule has 2 rings (SSSR count). The van der Waals surface area contributed by atoms with E-state index in [-0.39, 0.29) is 12.6 Å². The van der Waals surface area contributed by atoms with Crippen LogP contribution in [0, 0.1) is 6.92 Å². The standard InChI is InChI=1S/C14H18N4O2.C4H10.CH4O/c1-8-11(13(15)18-14(16)17-8)6-10-4-3-9(7-19)5-12(10)20-2;1-3-4-2;1-2/h3-5,19H,6-7H2,1-2H3,(H4,15,16,17,18);3-4H2,1-2H3;2H,1H3. The van der Waals surface area contributed by atoms with Crippen molar-refractivity contribution in [2.24, 2.45) is 0 Å². The summed E-state index contributed by atoms with van der Waals surface area (Å²) in [5.74, 6) is 1.25. The van der Waals surface area contributed by atoms with Gasteiger partial charge in [0.15, 0.2) is 0 Å². The molecule has 0 aliphatic heterocycles. The van der Waals surface area contributed by atoms with Crippen LogP contribution in [0.5, 0.6) is 5.75 Å². The molecule has 0 bridgehead atoms. The number of aromatic nitrogens is 2. The number of nitrogen functional groups attached to an aromatic ring is 2. The van der Waals surface area contributed by atoms with Crippen LogP contribution in [-0.4, -0.2) is 34.4 Å². The highest BCUT2D eigenvalue weighted by Crippen LogP contribution is 2.26. The largest absolute Gasteiger partial charge is 0.496 e. The first-order valence-corrected chi connectivity index (χ1v) is 8.56. The van der Waals surface area contributed by atoms with E-state index in [9.17, 15) is 0 Å². The Morgan fingerprint density at radius 2 is 1.69 bits per heavy atom. The van der Waals surface area contributed by atoms with Gasteiger partial charge in [0.05, 0.1) is 13.7 Å². The Labute approximate surface area is 156 Å². The first-order chi connectivity index (χ1) is 12.5. The molecule has 146 valence electrons. The summed E-state index contributed by atoms with van der Waals surface area (Å²) in [4.78, 5) is 8.11. The lowest BCUT2D eigenvalue weighted by atomic mass is 10.0. The fraction of sp³-hybridized carbons (Fsp3) is 0.474. The Kier molecular flexibility index (Phi) is 11.7. The highest BCUT2D eigenvalue weighted by molar-refractivity contribution is 5.50. The zero-order valence-corrected chi connectivity index (χ0v) is 16.4. The number of aliphatic hydroxyl groups excluding tert-OH is 2. The van der Waals surface area contributed by atoms with E-state index >= 15 is 0 Å². The molecule has 0 spiro atoms. The van der Waals surface area contributed by atoms with Gasteiger partial charge in [0.1, 0.15) is 11.6 Å². The quantitative estimate of drug-likeness (QED) is 0.641. The Morgan fingerprint density at radius 1 is 1.08 bits per heavy atom. The average Bonchev–Trinajstić information content (AvgIpc) is 2.66. The van der Waals surface area contributed by atoms with E-state index in [2.05, 4.69) is 23.8 Å². The fourth-order valence-corrected chi connectivity index (χ4v) is 2.08. The molecule has 0 unspecified atom stereocenters. The van der Waals surface area contributed by atoms with Crippen LogP contribution >= 0.6 is 0 Å². The molecule has 0 aliphatic carbocycles. The van der Waals surface area contributed by atoms with Gasteiger partial charge >= 0.3 is 0 Å². The number of nitrogens with two attached hydrogens (primary N) is 2. The van der Waals surface area contributed by atoms with Crippen LogP contribution in [0.4, 0.5) is 11.8 Å². The Hall–Kier alpha value is -2.38. The summed E-state index contributed by atoms with van der Waals surface area (Å²) < 4.78 is 5.35. The van der Waals surface area contributed by atoms with Crippen LogP contribution in [0.1, 0.15) is 49.1 Å². The number of nitrogens with zero attached hydrogens (tertiary/aromatic N) is 2. The number of hydrogen-bond donors (Lipinski definition) is 4. The molecular formula is C19H32N4O3. The number of ether oxygens (including phenoxy) is 1. The molecule has 0 fully saturated rings. The van der Waals surface area contributed by atoms with Gasteiger partial charge < -0.3 is 26.4 Å². The lowest BCUT2D eigenvalue weighted by Gasteiger charge is -2.13. The SMILES string of the molecule is CCCC.CO.COc1cc(CO)ccc1Cc1c(C)nc(N)nc1N. The zero-order valence-electron chi connectivity index (χ0n) is 16.4. The van der Waals surface area contributed by atoms with E-state index in [1.54, 1.807) is 13.2 Å². The summed E-state index contributed by atoms with van der Waals surface area (Å²) in [6, 6.07) is 5.56. The first-order valence-electron chi connectivity index (χ1n) is 8.56. The summed E-state index contributed by atoms with van der Waals surface area (Å²) >= 11 is 0. The highest BCUT2D eigenvalue weighted by Gasteiger charge is 2.12. The van der Waals surface area contributed by atoms with Gasteiger partial charge in [-0.25, -0.2) is 4.98 Å². The molecule has 0 radical (unpaired) electrons. The predicted molar refractivity (Wildman–Crippen MR) is 106 cm³/mol. The molecule has 0 aliphatic rings. The van der Waals surface area contributed by atoms with Crippen LogP contribution in [0.3, 0.4) is 0 Å². The summed E-state index contributed by atoms with van der Waals surface area (Å²) in [5.41, 5.74) is 14.8. The third-order valence-electron chi connectivity index (χ3n) is 3.66. The van der Waals surface area contributed by atoms with Crippen molar-refractivity contribution in [1.29, 1.82) is 0 Å². The summed E-state index contributed by atoms with van der Waals surface area (Å²) in [5, 5.41) is 16.1. The number of benzene rings is 1. The molecular weight excluding hydrogens is 332 g/mol. The van der Waals surface area contributed by atoms with Gasteiger partial charge in [-0.3, -0.25) is 0 Å². The van der Waals surface area contributed by atoms with Gasteiger partial charge in [0.25, 0.3) is 0 Å². The second-order valence-electron chi connectivity index (χ2n) is 5.51. The number of aryl methyl sites for hydroxylation is 1. The molecule has 0 amide bonds. The monoisotopic (exact) mass is 364 g/mol. The maximum atomic E-state index is 9.15. The maximum Gasteiger partial charge on any atom is 0.222 e. The smallest absolute Gasteiger partial charge is 0.222 e. The van der Waals surface area contributed by atoms with Crippen molar-refractivity contribution < 1.29 is 14.9 Å². The number of hydrogen-bond acceptors (Lipinski definition) is 7. The highest BCUT2D eigenvalue weighted by atomic mass is 16.5. The zero-order chi connectivity index (χ0) is 20.1. The van der Waals surface area contributed by atoms with Crippen LogP contribution in [-0.2, 0) is 13.0 Å². The van der Waals surface area contributed by atoms with E-state index in [1.807, 2.05) is 19.1 Å². The fourth-order valence-electron chi connectivity index (χ4n) is 2.08. The Morgan fingerprint density at radius 3 is 2.15 bits per heavy atom. The molecule has 1 aromatic heterocycles. The topological polar surface area (TPSA) is 128 Å². The molecule has 0 saturated carbocycles. The Balaban J connectivity index is 0.000000920. The van der Waals surface area contributed by atoms with Gasteiger partial charge in [-0.1, -0.05) is 38.8 Å². The van der Waals surface area contributed by atoms with Gasteiger partial charge in [0, 0.05) is 24.8 Å². The number of unbranched alkanes of at least 4 members (excludes halogenated alkanes) is 1. The lowest BCUT2D eigenvalue weighted by Crippen LogP contribution is -2.08. The van der Waals surface area contributed by atoms with E-state index < -0.39 is 0 Å². The molecule has 2 aromatic rings. The summed E-state index contributed by atoms with van der Waals surface area (Å²) in [7, 11) is 2.59. The van der Waals surface area contributed by atoms with Crippen LogP contribution in [0.2, 0.25) is 0 Å². The lowest BCUT2D eigenvalue weighted by molar-refractivity contribution is 0.281. The van der Waals surface area contributed by atoms with Gasteiger partial charge in [-0.15, -0.1) is 0 Å². The van der Waals surface area contributed by atoms with Crippen LogP contribution < -0.4 is 16.2 Å². The van der Waals surface area contributed by atoms with Crippen molar-refractivity contribution >= 4 is 11.8 Å².